The summed E-state index contributed by atoms with van der Waals surface area (Å²) in [7, 11) is 0. The molecule has 0 heterocycles. The van der Waals surface area contributed by atoms with Gasteiger partial charge in [-0.05, 0) is 18.6 Å². The number of ether oxygens (including phenoxy) is 2. The molecule has 1 amide bonds. The van der Waals surface area contributed by atoms with Crippen molar-refractivity contribution in [3.8, 4) is 5.75 Å². The number of rotatable bonds is 5. The van der Waals surface area contributed by atoms with Crippen molar-refractivity contribution in [2.75, 3.05) is 13.2 Å². The van der Waals surface area contributed by atoms with Gasteiger partial charge >= 0.3 is 6.09 Å². The highest BCUT2D eigenvalue weighted by Gasteiger charge is 2.08. The quantitative estimate of drug-likeness (QED) is 0.777. The lowest BCUT2D eigenvalue weighted by Crippen LogP contribution is -2.27. The summed E-state index contributed by atoms with van der Waals surface area (Å²) in [5.74, 6) is 0.695. The third kappa shape index (κ3) is 4.18. The van der Waals surface area contributed by atoms with Crippen molar-refractivity contribution in [3.63, 3.8) is 0 Å². The van der Waals surface area contributed by atoms with E-state index in [0.29, 0.717) is 5.75 Å². The third-order valence-corrected chi connectivity index (χ3v) is 1.94. The summed E-state index contributed by atoms with van der Waals surface area (Å²) in [5.41, 5.74) is 5.74. The molecule has 1 aromatic carbocycles. The lowest BCUT2D eigenvalue weighted by Gasteiger charge is -2.13. The Morgan fingerprint density at radius 2 is 2.12 bits per heavy atom. The lowest BCUT2D eigenvalue weighted by atomic mass is 10.2. The molecule has 0 saturated heterocycles. The van der Waals surface area contributed by atoms with Gasteiger partial charge in [0.05, 0.1) is 0 Å². The molecule has 0 fully saturated rings. The summed E-state index contributed by atoms with van der Waals surface area (Å²) in [4.78, 5) is 10.3. The molecule has 0 aliphatic carbocycles. The van der Waals surface area contributed by atoms with E-state index in [1.807, 2.05) is 25.1 Å². The van der Waals surface area contributed by atoms with Crippen LogP contribution in [-0.4, -0.2) is 30.5 Å². The topological polar surface area (TPSA) is 81.8 Å². The highest BCUT2D eigenvalue weighted by atomic mass is 16.6. The minimum Gasteiger partial charge on any atom is -0.490 e. The molecule has 1 unspecified atom stereocenters. The van der Waals surface area contributed by atoms with E-state index in [1.54, 1.807) is 6.07 Å². The van der Waals surface area contributed by atoms with Crippen LogP contribution in [0.2, 0.25) is 0 Å². The van der Waals surface area contributed by atoms with Crippen LogP contribution in [0.3, 0.4) is 0 Å². The second kappa shape index (κ2) is 5.97. The van der Waals surface area contributed by atoms with Crippen molar-refractivity contribution in [2.45, 2.75) is 13.0 Å². The van der Waals surface area contributed by atoms with Gasteiger partial charge in [0, 0.05) is 0 Å². The van der Waals surface area contributed by atoms with Gasteiger partial charge in [-0.1, -0.05) is 18.2 Å². The van der Waals surface area contributed by atoms with Crippen LogP contribution in [0, 0.1) is 6.92 Å². The minimum atomic E-state index is -0.907. The normalized spacial score (nSPS) is 11.9. The number of carbonyl (C=O) groups is 1. The van der Waals surface area contributed by atoms with Gasteiger partial charge < -0.3 is 20.3 Å². The third-order valence-electron chi connectivity index (χ3n) is 1.94. The smallest absolute Gasteiger partial charge is 0.404 e. The number of carbonyl (C=O) groups excluding carboxylic acids is 1. The first-order chi connectivity index (χ1) is 7.59. The zero-order chi connectivity index (χ0) is 12.0. The van der Waals surface area contributed by atoms with Gasteiger partial charge in [-0.25, -0.2) is 4.79 Å². The van der Waals surface area contributed by atoms with Crippen LogP contribution >= 0.6 is 0 Å². The maximum absolute atomic E-state index is 10.3. The number of hydrogen-bond acceptors (Lipinski definition) is 4. The molecule has 0 bridgehead atoms. The number of para-hydroxylation sites is 1. The number of aryl methyl sites for hydroxylation is 1. The average Bonchev–Trinajstić information content (AvgIpc) is 2.25. The summed E-state index contributed by atoms with van der Waals surface area (Å²) in [5, 5.41) is 9.39. The zero-order valence-corrected chi connectivity index (χ0v) is 9.05. The SMILES string of the molecule is Cc1ccccc1OCC(O)COC(N)=O. The van der Waals surface area contributed by atoms with Crippen molar-refractivity contribution in [3.05, 3.63) is 29.8 Å². The van der Waals surface area contributed by atoms with Crippen LogP contribution in [0.5, 0.6) is 5.75 Å². The first kappa shape index (κ1) is 12.3. The number of hydrogen-bond donors (Lipinski definition) is 2. The van der Waals surface area contributed by atoms with Crippen LogP contribution in [0.25, 0.3) is 0 Å². The summed E-state index contributed by atoms with van der Waals surface area (Å²) >= 11 is 0. The highest BCUT2D eigenvalue weighted by Crippen LogP contribution is 2.16. The molecule has 5 nitrogen and oxygen atoms in total. The Morgan fingerprint density at radius 1 is 1.44 bits per heavy atom. The van der Waals surface area contributed by atoms with Crippen molar-refractivity contribution in [2.24, 2.45) is 5.73 Å². The van der Waals surface area contributed by atoms with Crippen LogP contribution in [0.4, 0.5) is 4.79 Å². The van der Waals surface area contributed by atoms with Gasteiger partial charge in [-0.3, -0.25) is 0 Å². The Labute approximate surface area is 93.8 Å². The van der Waals surface area contributed by atoms with Gasteiger partial charge in [0.15, 0.2) is 0 Å². The molecule has 0 aliphatic rings. The second-order valence-corrected chi connectivity index (χ2v) is 3.36. The fourth-order valence-electron chi connectivity index (χ4n) is 1.13. The molecule has 0 spiro atoms. The van der Waals surface area contributed by atoms with E-state index < -0.39 is 12.2 Å². The Balaban J connectivity index is 2.34. The van der Waals surface area contributed by atoms with Crippen molar-refractivity contribution in [1.29, 1.82) is 0 Å². The number of amides is 1. The molecule has 0 saturated carbocycles. The molecule has 0 aromatic heterocycles. The molecule has 1 aromatic rings. The maximum atomic E-state index is 10.3. The Hall–Kier alpha value is -1.75. The van der Waals surface area contributed by atoms with Gasteiger partial charge in [0.1, 0.15) is 25.1 Å². The summed E-state index contributed by atoms with van der Waals surface area (Å²) in [6.45, 7) is 1.79. The van der Waals surface area contributed by atoms with Crippen molar-refractivity contribution in [1.82, 2.24) is 0 Å². The highest BCUT2D eigenvalue weighted by molar-refractivity contribution is 5.64. The van der Waals surface area contributed by atoms with Crippen LogP contribution in [0.1, 0.15) is 5.56 Å². The van der Waals surface area contributed by atoms with Gasteiger partial charge in [0.2, 0.25) is 0 Å². The van der Waals surface area contributed by atoms with E-state index in [-0.39, 0.29) is 13.2 Å². The standard InChI is InChI=1S/C11H15NO4/c1-8-4-2-3-5-10(8)15-6-9(13)7-16-11(12)14/h2-5,9,13H,6-7H2,1H3,(H2,12,14). The molecule has 5 heteroatoms. The monoisotopic (exact) mass is 225 g/mol. The number of aliphatic hydroxyl groups is 1. The predicted molar refractivity (Wildman–Crippen MR) is 58.2 cm³/mol. The van der Waals surface area contributed by atoms with E-state index in [1.165, 1.54) is 0 Å². The largest absolute Gasteiger partial charge is 0.490 e. The molecule has 1 atom stereocenters. The fraction of sp³-hybridized carbons (Fsp3) is 0.364. The van der Waals surface area contributed by atoms with E-state index in [2.05, 4.69) is 4.74 Å². The number of benzene rings is 1. The molecule has 3 N–H and O–H groups in total. The second-order valence-electron chi connectivity index (χ2n) is 3.36. The Morgan fingerprint density at radius 3 is 2.75 bits per heavy atom. The van der Waals surface area contributed by atoms with Crippen molar-refractivity contribution >= 4 is 6.09 Å². The summed E-state index contributed by atoms with van der Waals surface area (Å²) in [6.07, 6.45) is -1.79. The number of nitrogens with two attached hydrogens (primary N) is 1. The zero-order valence-electron chi connectivity index (χ0n) is 9.05. The molecular weight excluding hydrogens is 210 g/mol. The summed E-state index contributed by atoms with van der Waals surface area (Å²) in [6, 6.07) is 7.45. The van der Waals surface area contributed by atoms with E-state index in [0.717, 1.165) is 5.56 Å². The van der Waals surface area contributed by atoms with Gasteiger partial charge in [-0.2, -0.15) is 0 Å². The lowest BCUT2D eigenvalue weighted by molar-refractivity contribution is 0.0418. The fourth-order valence-corrected chi connectivity index (χ4v) is 1.13. The minimum absolute atomic E-state index is 0.0537. The Bertz CT molecular complexity index is 354. The first-order valence-electron chi connectivity index (χ1n) is 4.88. The molecule has 1 rings (SSSR count). The van der Waals surface area contributed by atoms with Gasteiger partial charge in [0.25, 0.3) is 0 Å². The maximum Gasteiger partial charge on any atom is 0.404 e. The molecular formula is C11H15NO4. The van der Waals surface area contributed by atoms with Crippen molar-refractivity contribution < 1.29 is 19.4 Å². The molecule has 0 radical (unpaired) electrons. The number of primary amides is 1. The van der Waals surface area contributed by atoms with Crippen LogP contribution < -0.4 is 10.5 Å². The number of aliphatic hydroxyl groups excluding tert-OH is 1. The summed E-state index contributed by atoms with van der Waals surface area (Å²) < 4.78 is 9.78. The molecule has 0 aliphatic heterocycles. The van der Waals surface area contributed by atoms with E-state index in [4.69, 9.17) is 10.5 Å². The van der Waals surface area contributed by atoms with Gasteiger partial charge in [-0.15, -0.1) is 0 Å². The van der Waals surface area contributed by atoms with Crippen LogP contribution in [0.15, 0.2) is 24.3 Å². The van der Waals surface area contributed by atoms with E-state index >= 15 is 0 Å². The van der Waals surface area contributed by atoms with Crippen LogP contribution in [-0.2, 0) is 4.74 Å². The molecule has 88 valence electrons. The first-order valence-corrected chi connectivity index (χ1v) is 4.88. The Kier molecular flexibility index (Phi) is 4.60. The van der Waals surface area contributed by atoms with E-state index in [9.17, 15) is 9.90 Å². The predicted octanol–water partition coefficient (Wildman–Crippen LogP) is 0.830. The molecule has 16 heavy (non-hydrogen) atoms. The average molecular weight is 225 g/mol.